The molecule has 0 fully saturated rings. The number of nitrogens with zero attached hydrogens (tertiary/aromatic N) is 3. The molecule has 0 atom stereocenters. The first-order valence-electron chi connectivity index (χ1n) is 6.45. The van der Waals surface area contributed by atoms with Crippen LogP contribution in [0.5, 0.6) is 0 Å². The summed E-state index contributed by atoms with van der Waals surface area (Å²) in [6.45, 7) is 0. The van der Waals surface area contributed by atoms with E-state index < -0.39 is 0 Å². The number of fused-ring (bicyclic) bond motifs is 1. The number of rotatable bonds is 3. The highest BCUT2D eigenvalue weighted by molar-refractivity contribution is 7.22. The van der Waals surface area contributed by atoms with Gasteiger partial charge >= 0.3 is 0 Å². The van der Waals surface area contributed by atoms with E-state index in [4.69, 9.17) is 0 Å². The van der Waals surface area contributed by atoms with Crippen LogP contribution in [-0.4, -0.2) is 22.9 Å². The molecule has 0 bridgehead atoms. The number of likely N-dealkylation sites (N-methyl/N-ethyl adjacent to an activating group) is 1. The normalized spacial score (nSPS) is 11.1. The summed E-state index contributed by atoms with van der Waals surface area (Å²) < 4.78 is 1.07. The van der Waals surface area contributed by atoms with Crippen molar-refractivity contribution in [2.75, 3.05) is 11.9 Å². The van der Waals surface area contributed by atoms with Gasteiger partial charge in [0.15, 0.2) is 5.13 Å². The van der Waals surface area contributed by atoms with Gasteiger partial charge in [-0.3, -0.25) is 14.7 Å². The SMILES string of the molecule is CN(C(=O)/C=C\c1cccnc1)c1nc2ccccc2s1. The van der Waals surface area contributed by atoms with Crippen LogP contribution in [0.25, 0.3) is 16.3 Å². The maximum absolute atomic E-state index is 12.2. The van der Waals surface area contributed by atoms with Gasteiger partial charge in [0, 0.05) is 25.5 Å². The molecule has 1 amide bonds. The van der Waals surface area contributed by atoms with E-state index in [0.29, 0.717) is 5.13 Å². The Hall–Kier alpha value is -2.53. The Balaban J connectivity index is 1.79. The second kappa shape index (κ2) is 5.85. The Morgan fingerprint density at radius 3 is 2.86 bits per heavy atom. The molecule has 3 aromatic rings. The van der Waals surface area contributed by atoms with Crippen LogP contribution >= 0.6 is 11.3 Å². The van der Waals surface area contributed by atoms with Gasteiger partial charge in [-0.15, -0.1) is 0 Å². The lowest BCUT2D eigenvalue weighted by Gasteiger charge is -2.10. The number of amides is 1. The van der Waals surface area contributed by atoms with E-state index in [9.17, 15) is 4.79 Å². The van der Waals surface area contributed by atoms with Gasteiger partial charge in [-0.05, 0) is 29.8 Å². The summed E-state index contributed by atoms with van der Waals surface area (Å²) in [7, 11) is 1.73. The molecule has 104 valence electrons. The molecule has 0 aliphatic carbocycles. The zero-order valence-electron chi connectivity index (χ0n) is 11.4. The number of para-hydroxylation sites is 1. The molecular weight excluding hydrogens is 282 g/mol. The summed E-state index contributed by atoms with van der Waals surface area (Å²) in [4.78, 5) is 22.2. The fourth-order valence-corrected chi connectivity index (χ4v) is 2.78. The van der Waals surface area contributed by atoms with E-state index in [1.165, 1.54) is 17.4 Å². The summed E-state index contributed by atoms with van der Waals surface area (Å²) in [6.07, 6.45) is 6.69. The molecule has 0 saturated carbocycles. The Morgan fingerprint density at radius 2 is 2.10 bits per heavy atom. The van der Waals surface area contributed by atoms with E-state index in [1.807, 2.05) is 36.4 Å². The van der Waals surface area contributed by atoms with E-state index >= 15 is 0 Å². The zero-order valence-corrected chi connectivity index (χ0v) is 12.2. The molecule has 5 heteroatoms. The van der Waals surface area contributed by atoms with Crippen LogP contribution in [0.15, 0.2) is 54.9 Å². The van der Waals surface area contributed by atoms with Gasteiger partial charge in [0.05, 0.1) is 10.2 Å². The summed E-state index contributed by atoms with van der Waals surface area (Å²) in [5.41, 5.74) is 1.80. The van der Waals surface area contributed by atoms with Gasteiger partial charge in [-0.25, -0.2) is 4.98 Å². The molecule has 2 heterocycles. The Kier molecular flexibility index (Phi) is 3.75. The average Bonchev–Trinajstić information content (AvgIpc) is 2.97. The first-order valence-corrected chi connectivity index (χ1v) is 7.27. The smallest absolute Gasteiger partial charge is 0.252 e. The highest BCUT2D eigenvalue weighted by Crippen LogP contribution is 2.27. The van der Waals surface area contributed by atoms with Crippen LogP contribution < -0.4 is 4.90 Å². The number of hydrogen-bond donors (Lipinski definition) is 0. The second-order valence-corrected chi connectivity index (χ2v) is 5.49. The van der Waals surface area contributed by atoms with E-state index in [2.05, 4.69) is 9.97 Å². The topological polar surface area (TPSA) is 46.1 Å². The van der Waals surface area contributed by atoms with Crippen molar-refractivity contribution < 1.29 is 4.79 Å². The van der Waals surface area contributed by atoms with Gasteiger partial charge in [-0.1, -0.05) is 29.5 Å². The number of aromatic nitrogens is 2. The fourth-order valence-electron chi connectivity index (χ4n) is 1.85. The van der Waals surface area contributed by atoms with Crippen LogP contribution in [0.3, 0.4) is 0 Å². The molecule has 0 spiro atoms. The molecule has 0 aliphatic rings. The molecule has 4 nitrogen and oxygen atoms in total. The van der Waals surface area contributed by atoms with Gasteiger partial charge in [-0.2, -0.15) is 0 Å². The van der Waals surface area contributed by atoms with Crippen molar-refractivity contribution in [2.24, 2.45) is 0 Å². The van der Waals surface area contributed by atoms with Crippen LogP contribution in [0.4, 0.5) is 5.13 Å². The summed E-state index contributed by atoms with van der Waals surface area (Å²) in [5.74, 6) is -0.113. The van der Waals surface area contributed by atoms with Gasteiger partial charge in [0.1, 0.15) is 0 Å². The number of carbonyl (C=O) groups is 1. The lowest BCUT2D eigenvalue weighted by atomic mass is 10.2. The van der Waals surface area contributed by atoms with Crippen LogP contribution in [0.2, 0.25) is 0 Å². The Labute approximate surface area is 126 Å². The Bertz CT molecular complexity index is 762. The molecule has 0 N–H and O–H groups in total. The van der Waals surface area contributed by atoms with E-state index in [0.717, 1.165) is 15.8 Å². The summed E-state index contributed by atoms with van der Waals surface area (Å²) in [6, 6.07) is 11.6. The number of carbonyl (C=O) groups excluding carboxylic acids is 1. The molecule has 0 saturated heterocycles. The van der Waals surface area contributed by atoms with Crippen molar-refractivity contribution in [3.8, 4) is 0 Å². The van der Waals surface area contributed by atoms with Gasteiger partial charge < -0.3 is 0 Å². The van der Waals surface area contributed by atoms with Crippen molar-refractivity contribution in [1.29, 1.82) is 0 Å². The van der Waals surface area contributed by atoms with Crippen LogP contribution in [-0.2, 0) is 4.79 Å². The number of pyridine rings is 1. The highest BCUT2D eigenvalue weighted by Gasteiger charge is 2.12. The zero-order chi connectivity index (χ0) is 14.7. The number of thiazole rings is 1. The third kappa shape index (κ3) is 2.98. The molecule has 0 aliphatic heterocycles. The van der Waals surface area contributed by atoms with Crippen molar-refractivity contribution >= 4 is 38.7 Å². The Morgan fingerprint density at radius 1 is 1.24 bits per heavy atom. The minimum atomic E-state index is -0.113. The minimum absolute atomic E-state index is 0.113. The van der Waals surface area contributed by atoms with Gasteiger partial charge in [0.25, 0.3) is 5.91 Å². The molecular formula is C16H13N3OS. The third-order valence-corrected chi connectivity index (χ3v) is 4.12. The molecule has 21 heavy (non-hydrogen) atoms. The number of benzene rings is 1. The van der Waals surface area contributed by atoms with Crippen molar-refractivity contribution in [2.45, 2.75) is 0 Å². The van der Waals surface area contributed by atoms with E-state index in [-0.39, 0.29) is 5.91 Å². The fraction of sp³-hybridized carbons (Fsp3) is 0.0625. The molecule has 3 rings (SSSR count). The predicted molar refractivity (Wildman–Crippen MR) is 86.3 cm³/mol. The largest absolute Gasteiger partial charge is 0.288 e. The summed E-state index contributed by atoms with van der Waals surface area (Å²) in [5, 5.41) is 0.692. The predicted octanol–water partition coefficient (Wildman–Crippen LogP) is 3.37. The van der Waals surface area contributed by atoms with Crippen molar-refractivity contribution in [1.82, 2.24) is 9.97 Å². The number of anilines is 1. The van der Waals surface area contributed by atoms with Crippen LogP contribution in [0, 0.1) is 0 Å². The minimum Gasteiger partial charge on any atom is -0.288 e. The quantitative estimate of drug-likeness (QED) is 0.696. The lowest BCUT2D eigenvalue weighted by Crippen LogP contribution is -2.23. The molecule has 0 radical (unpaired) electrons. The van der Waals surface area contributed by atoms with Crippen molar-refractivity contribution in [3.63, 3.8) is 0 Å². The third-order valence-electron chi connectivity index (χ3n) is 3.00. The monoisotopic (exact) mass is 295 g/mol. The summed E-state index contributed by atoms with van der Waals surface area (Å²) >= 11 is 1.50. The van der Waals surface area contributed by atoms with Crippen LogP contribution in [0.1, 0.15) is 5.56 Å². The average molecular weight is 295 g/mol. The number of hydrogen-bond acceptors (Lipinski definition) is 4. The molecule has 2 aromatic heterocycles. The lowest BCUT2D eigenvalue weighted by molar-refractivity contribution is -0.113. The maximum atomic E-state index is 12.2. The second-order valence-electron chi connectivity index (χ2n) is 4.48. The van der Waals surface area contributed by atoms with Gasteiger partial charge in [0.2, 0.25) is 0 Å². The van der Waals surface area contributed by atoms with E-state index in [1.54, 1.807) is 30.4 Å². The maximum Gasteiger partial charge on any atom is 0.252 e. The first-order chi connectivity index (χ1) is 10.2. The standard InChI is InChI=1S/C16H13N3OS/c1-19(15(20)9-8-12-5-4-10-17-11-12)16-18-13-6-2-3-7-14(13)21-16/h2-11H,1H3/b9-8-. The highest BCUT2D eigenvalue weighted by atomic mass is 32.1. The molecule has 0 unspecified atom stereocenters. The first kappa shape index (κ1) is 13.5. The van der Waals surface area contributed by atoms with Crippen molar-refractivity contribution in [3.05, 3.63) is 60.4 Å². The molecule has 1 aromatic carbocycles.